The molecule has 0 saturated carbocycles. The zero-order valence-corrected chi connectivity index (χ0v) is 6.76. The van der Waals surface area contributed by atoms with E-state index in [1.165, 1.54) is 19.2 Å². The summed E-state index contributed by atoms with van der Waals surface area (Å²) in [5.74, 6) is 0.264. The van der Waals surface area contributed by atoms with Crippen molar-refractivity contribution >= 4 is 11.6 Å². The van der Waals surface area contributed by atoms with E-state index >= 15 is 0 Å². The van der Waals surface area contributed by atoms with Crippen LogP contribution in [0.15, 0.2) is 29.1 Å². The predicted octanol–water partition coefficient (Wildman–Crippen LogP) is 1.71. The zero-order chi connectivity index (χ0) is 8.27. The Morgan fingerprint density at radius 3 is 2.82 bits per heavy atom. The van der Waals surface area contributed by atoms with Gasteiger partial charge in [-0.2, -0.15) is 0 Å². The molecule has 0 heterocycles. The van der Waals surface area contributed by atoms with Crippen molar-refractivity contribution in [3.05, 3.63) is 39.5 Å². The lowest BCUT2D eigenvalue weighted by Crippen LogP contribution is -1.99. The number of methoxy groups -OCH3 is 1. The Morgan fingerprint density at radius 1 is 1.45 bits per heavy atom. The molecular weight excluding hydrogens is 164 g/mol. The van der Waals surface area contributed by atoms with Gasteiger partial charge in [-0.1, -0.05) is 17.7 Å². The van der Waals surface area contributed by atoms with Crippen molar-refractivity contribution in [1.82, 2.24) is 0 Å². The first-order valence-corrected chi connectivity index (χ1v) is 3.45. The van der Waals surface area contributed by atoms with Crippen LogP contribution in [0, 0.1) is 0 Å². The average Bonchev–Trinajstić information content (AvgIpc) is 2.13. The smallest absolute Gasteiger partial charge is 0.220 e. The van der Waals surface area contributed by atoms with Crippen molar-refractivity contribution in [3.63, 3.8) is 0 Å². The van der Waals surface area contributed by atoms with E-state index in [4.69, 9.17) is 16.3 Å². The minimum absolute atomic E-state index is 0.167. The first-order chi connectivity index (χ1) is 5.24. The van der Waals surface area contributed by atoms with E-state index in [1.54, 1.807) is 12.1 Å². The van der Waals surface area contributed by atoms with Crippen LogP contribution in [-0.2, 0) is 0 Å². The van der Waals surface area contributed by atoms with Crippen molar-refractivity contribution in [2.24, 2.45) is 0 Å². The minimum Gasteiger partial charge on any atom is -0.493 e. The van der Waals surface area contributed by atoms with Crippen LogP contribution in [0.2, 0.25) is 5.02 Å². The molecule has 0 saturated heterocycles. The van der Waals surface area contributed by atoms with Gasteiger partial charge in [-0.15, -0.1) is 0 Å². The standard InChI is InChI=1S/C8H7ClO2/c1-11-8-5-6(9)3-2-4-7(8)10/h2-5H,1H3. The van der Waals surface area contributed by atoms with Gasteiger partial charge in [-0.05, 0) is 12.1 Å². The van der Waals surface area contributed by atoms with Gasteiger partial charge in [0.15, 0.2) is 5.75 Å². The molecular formula is C8H7ClO2. The first kappa shape index (κ1) is 8.08. The molecule has 0 radical (unpaired) electrons. The Labute approximate surface area is 69.4 Å². The van der Waals surface area contributed by atoms with Crippen LogP contribution in [0.25, 0.3) is 0 Å². The monoisotopic (exact) mass is 170 g/mol. The molecule has 1 aromatic rings. The van der Waals surface area contributed by atoms with E-state index in [9.17, 15) is 4.79 Å². The number of hydrogen-bond donors (Lipinski definition) is 0. The van der Waals surface area contributed by atoms with Gasteiger partial charge in [-0.3, -0.25) is 4.79 Å². The summed E-state index contributed by atoms with van der Waals surface area (Å²) in [6, 6.07) is 6.12. The molecule has 0 unspecified atom stereocenters. The largest absolute Gasteiger partial charge is 0.493 e. The van der Waals surface area contributed by atoms with Crippen molar-refractivity contribution in [3.8, 4) is 5.75 Å². The number of halogens is 1. The lowest BCUT2D eigenvalue weighted by Gasteiger charge is -1.91. The maximum absolute atomic E-state index is 11.0. The van der Waals surface area contributed by atoms with Crippen LogP contribution in [0.5, 0.6) is 5.75 Å². The molecule has 0 fully saturated rings. The zero-order valence-electron chi connectivity index (χ0n) is 6.00. The summed E-state index contributed by atoms with van der Waals surface area (Å²) in [7, 11) is 1.44. The summed E-state index contributed by atoms with van der Waals surface area (Å²) in [4.78, 5) is 11.0. The number of hydrogen-bond acceptors (Lipinski definition) is 2. The van der Waals surface area contributed by atoms with E-state index in [0.29, 0.717) is 5.02 Å². The second kappa shape index (κ2) is 3.39. The molecule has 1 aromatic carbocycles. The molecule has 58 valence electrons. The van der Waals surface area contributed by atoms with Gasteiger partial charge < -0.3 is 4.74 Å². The van der Waals surface area contributed by atoms with E-state index in [2.05, 4.69) is 0 Å². The Balaban J connectivity index is 3.37. The lowest BCUT2D eigenvalue weighted by atomic mass is 10.5. The van der Waals surface area contributed by atoms with Crippen LogP contribution >= 0.6 is 11.6 Å². The topological polar surface area (TPSA) is 26.3 Å². The van der Waals surface area contributed by atoms with Gasteiger partial charge in [0.2, 0.25) is 5.43 Å². The predicted molar refractivity (Wildman–Crippen MR) is 44.3 cm³/mol. The lowest BCUT2D eigenvalue weighted by molar-refractivity contribution is 0.411. The molecule has 0 atom stereocenters. The summed E-state index contributed by atoms with van der Waals surface area (Å²) >= 11 is 5.66. The van der Waals surface area contributed by atoms with Crippen LogP contribution in [0.1, 0.15) is 0 Å². The van der Waals surface area contributed by atoms with Gasteiger partial charge in [0.25, 0.3) is 0 Å². The molecule has 0 aliphatic heterocycles. The molecule has 2 nitrogen and oxygen atoms in total. The maximum atomic E-state index is 11.0. The van der Waals surface area contributed by atoms with Crippen molar-refractivity contribution < 1.29 is 4.74 Å². The summed E-state index contributed by atoms with van der Waals surface area (Å²) in [6.07, 6.45) is 0. The highest BCUT2D eigenvalue weighted by Gasteiger charge is 1.94. The number of ether oxygens (including phenoxy) is 1. The second-order valence-corrected chi connectivity index (χ2v) is 2.42. The normalized spacial score (nSPS) is 9.27. The minimum atomic E-state index is -0.167. The fourth-order valence-electron chi connectivity index (χ4n) is 0.714. The van der Waals surface area contributed by atoms with Crippen LogP contribution in [-0.4, -0.2) is 7.11 Å². The van der Waals surface area contributed by atoms with Crippen molar-refractivity contribution in [2.75, 3.05) is 7.11 Å². The van der Waals surface area contributed by atoms with Crippen LogP contribution in [0.3, 0.4) is 0 Å². The van der Waals surface area contributed by atoms with E-state index in [-0.39, 0.29) is 11.2 Å². The number of rotatable bonds is 1. The highest BCUT2D eigenvalue weighted by Crippen LogP contribution is 2.10. The van der Waals surface area contributed by atoms with Gasteiger partial charge in [-0.25, -0.2) is 0 Å². The summed E-state index contributed by atoms with van der Waals surface area (Å²) in [5, 5.41) is 0.490. The third-order valence-corrected chi connectivity index (χ3v) is 1.47. The van der Waals surface area contributed by atoms with E-state index < -0.39 is 0 Å². The fourth-order valence-corrected chi connectivity index (χ4v) is 0.885. The first-order valence-electron chi connectivity index (χ1n) is 3.08. The molecule has 0 amide bonds. The SMILES string of the molecule is COc1cc(Cl)cccc1=O. The van der Waals surface area contributed by atoms with Crippen LogP contribution < -0.4 is 10.2 Å². The highest BCUT2D eigenvalue weighted by molar-refractivity contribution is 6.30. The third kappa shape index (κ3) is 1.95. The third-order valence-electron chi connectivity index (χ3n) is 1.23. The molecule has 1 rings (SSSR count). The van der Waals surface area contributed by atoms with Crippen molar-refractivity contribution in [2.45, 2.75) is 0 Å². The molecule has 11 heavy (non-hydrogen) atoms. The molecule has 0 aromatic heterocycles. The Hall–Kier alpha value is -1.02. The van der Waals surface area contributed by atoms with E-state index in [0.717, 1.165) is 0 Å². The summed E-state index contributed by atoms with van der Waals surface area (Å²) in [5.41, 5.74) is -0.167. The Bertz CT molecular complexity index is 309. The molecule has 0 aliphatic carbocycles. The fraction of sp³-hybridized carbons (Fsp3) is 0.125. The molecule has 0 bridgehead atoms. The molecule has 3 heteroatoms. The maximum Gasteiger partial charge on any atom is 0.220 e. The van der Waals surface area contributed by atoms with Gasteiger partial charge in [0, 0.05) is 11.1 Å². The van der Waals surface area contributed by atoms with Gasteiger partial charge >= 0.3 is 0 Å². The van der Waals surface area contributed by atoms with Gasteiger partial charge in [0.05, 0.1) is 7.11 Å². The quantitative estimate of drug-likeness (QED) is 0.642. The Kier molecular flexibility index (Phi) is 2.49. The Morgan fingerprint density at radius 2 is 2.18 bits per heavy atom. The average molecular weight is 171 g/mol. The van der Waals surface area contributed by atoms with Crippen LogP contribution in [0.4, 0.5) is 0 Å². The molecule has 0 spiro atoms. The molecule has 0 aliphatic rings. The second-order valence-electron chi connectivity index (χ2n) is 1.99. The summed E-state index contributed by atoms with van der Waals surface area (Å²) in [6.45, 7) is 0. The van der Waals surface area contributed by atoms with Gasteiger partial charge in [0.1, 0.15) is 0 Å². The van der Waals surface area contributed by atoms with Crippen molar-refractivity contribution in [1.29, 1.82) is 0 Å². The highest BCUT2D eigenvalue weighted by atomic mass is 35.5. The molecule has 0 N–H and O–H groups in total. The van der Waals surface area contributed by atoms with E-state index in [1.807, 2.05) is 0 Å². The summed E-state index contributed by atoms with van der Waals surface area (Å²) < 4.78 is 4.79.